The van der Waals surface area contributed by atoms with Gasteiger partial charge in [0.05, 0.1) is 0 Å². The number of thioether (sulfide) groups is 1. The molecule has 0 fully saturated rings. The fourth-order valence-corrected chi connectivity index (χ4v) is 4.02. The number of rotatable bonds is 7. The summed E-state index contributed by atoms with van der Waals surface area (Å²) in [5.74, 6) is -2.22. The summed E-state index contributed by atoms with van der Waals surface area (Å²) < 4.78 is 14.6. The zero-order valence-electron chi connectivity index (χ0n) is 16.4. The molecule has 7 nitrogen and oxygen atoms in total. The molecule has 1 heterocycles. The molecule has 0 spiro atoms. The van der Waals surface area contributed by atoms with Crippen LogP contribution in [0.3, 0.4) is 0 Å². The summed E-state index contributed by atoms with van der Waals surface area (Å²) in [6.07, 6.45) is 2.13. The van der Waals surface area contributed by atoms with E-state index in [1.807, 2.05) is 24.3 Å². The van der Waals surface area contributed by atoms with Gasteiger partial charge in [-0.1, -0.05) is 36.5 Å². The van der Waals surface area contributed by atoms with Crippen molar-refractivity contribution in [2.45, 2.75) is 24.7 Å². The Balaban J connectivity index is 1.50. The largest absolute Gasteiger partial charge is 0.460 e. The van der Waals surface area contributed by atoms with E-state index in [0.717, 1.165) is 15.4 Å². The summed E-state index contributed by atoms with van der Waals surface area (Å²) in [5.41, 5.74) is 2.22. The first-order chi connectivity index (χ1) is 14.3. The molecule has 1 aliphatic heterocycles. The third kappa shape index (κ3) is 5.27. The molecule has 0 atom stereocenters. The lowest BCUT2D eigenvalue weighted by Crippen LogP contribution is -2.23. The molecule has 3 rings (SSSR count). The van der Waals surface area contributed by atoms with Crippen LogP contribution in [0.4, 0.5) is 0 Å². The minimum Gasteiger partial charge on any atom is -0.460 e. The third-order valence-corrected chi connectivity index (χ3v) is 5.56. The normalized spacial score (nSPS) is 14.8. The quantitative estimate of drug-likeness (QED) is 0.283. The number of hydrogen-bond acceptors (Lipinski definition) is 8. The van der Waals surface area contributed by atoms with Gasteiger partial charge in [-0.2, -0.15) is 0 Å². The number of carbonyl (C=O) groups is 4. The number of ketones is 1. The third-order valence-electron chi connectivity index (χ3n) is 4.36. The zero-order valence-corrected chi connectivity index (χ0v) is 17.2. The van der Waals surface area contributed by atoms with Crippen molar-refractivity contribution in [1.29, 1.82) is 0 Å². The molecule has 0 saturated carbocycles. The van der Waals surface area contributed by atoms with Crippen LogP contribution in [-0.4, -0.2) is 43.5 Å². The van der Waals surface area contributed by atoms with Gasteiger partial charge in [-0.05, 0) is 24.6 Å². The molecule has 0 unspecified atom stereocenters. The molecule has 0 amide bonds. The number of esters is 3. The smallest absolute Gasteiger partial charge is 0.344 e. The maximum Gasteiger partial charge on any atom is 0.344 e. The van der Waals surface area contributed by atoms with Crippen LogP contribution in [0.25, 0.3) is 0 Å². The Morgan fingerprint density at radius 1 is 1.07 bits per heavy atom. The summed E-state index contributed by atoms with van der Waals surface area (Å²) in [5, 5.41) is 0. The minimum absolute atomic E-state index is 0.0632. The van der Waals surface area contributed by atoms with E-state index in [4.69, 9.17) is 14.2 Å². The fourth-order valence-electron chi connectivity index (χ4n) is 2.85. The van der Waals surface area contributed by atoms with Crippen LogP contribution in [0.2, 0.25) is 0 Å². The van der Waals surface area contributed by atoms with Crippen molar-refractivity contribution < 1.29 is 33.4 Å². The molecule has 156 valence electrons. The van der Waals surface area contributed by atoms with Gasteiger partial charge >= 0.3 is 17.9 Å². The van der Waals surface area contributed by atoms with Crippen molar-refractivity contribution >= 4 is 35.5 Å². The lowest BCUT2D eigenvalue weighted by molar-refractivity contribution is -0.159. The Morgan fingerprint density at radius 3 is 2.57 bits per heavy atom. The highest BCUT2D eigenvalue weighted by atomic mass is 32.2. The predicted octanol–water partition coefficient (Wildman–Crippen LogP) is 2.69. The maximum absolute atomic E-state index is 12.5. The molecule has 2 aliphatic rings. The molecule has 0 radical (unpaired) electrons. The number of Topliss-reactive ketones (excluding diaryl/α,β-unsaturated/α-hetero) is 1. The second-order valence-corrected chi connectivity index (χ2v) is 7.80. The highest BCUT2D eigenvalue weighted by Gasteiger charge is 2.29. The minimum atomic E-state index is -0.779. The number of allylic oxidation sites excluding steroid dienone is 2. The van der Waals surface area contributed by atoms with E-state index in [1.165, 1.54) is 18.7 Å². The highest BCUT2D eigenvalue weighted by Crippen LogP contribution is 2.42. The first kappa shape index (κ1) is 21.6. The molecule has 0 aromatic heterocycles. The molecule has 0 saturated heterocycles. The average Bonchev–Trinajstić information content (AvgIpc) is 2.73. The molecule has 8 heteroatoms. The Kier molecular flexibility index (Phi) is 6.89. The van der Waals surface area contributed by atoms with E-state index in [9.17, 15) is 19.2 Å². The van der Waals surface area contributed by atoms with Gasteiger partial charge in [0.1, 0.15) is 13.2 Å². The van der Waals surface area contributed by atoms with E-state index < -0.39 is 24.5 Å². The van der Waals surface area contributed by atoms with Crippen LogP contribution in [0.15, 0.2) is 63.4 Å². The molecular formula is C22H20O7S. The second kappa shape index (κ2) is 9.58. The van der Waals surface area contributed by atoms with Gasteiger partial charge < -0.3 is 14.2 Å². The molecule has 0 N–H and O–H groups in total. The predicted molar refractivity (Wildman–Crippen MR) is 108 cm³/mol. The van der Waals surface area contributed by atoms with E-state index in [-0.39, 0.29) is 36.6 Å². The second-order valence-electron chi connectivity index (χ2n) is 6.71. The number of benzene rings is 1. The molecule has 1 aromatic rings. The monoisotopic (exact) mass is 428 g/mol. The standard InChI is InChI=1S/C22H20O7S/c1-13(2)21(25)28-8-7-27-20(24)12-29-22(26)15-10-17(23)16-9-14-5-3-4-6-18(14)30-19(16)11-15/h3-6,11H,1,7-10,12H2,2H3. The molecule has 1 aromatic carbocycles. The summed E-state index contributed by atoms with van der Waals surface area (Å²) in [6.45, 7) is 4.05. The van der Waals surface area contributed by atoms with Crippen LogP contribution >= 0.6 is 11.8 Å². The molecule has 0 bridgehead atoms. The van der Waals surface area contributed by atoms with Crippen molar-refractivity contribution in [2.24, 2.45) is 0 Å². The maximum atomic E-state index is 12.5. The van der Waals surface area contributed by atoms with Gasteiger partial charge in [0.25, 0.3) is 0 Å². The Hall–Kier alpha value is -3.13. The first-order valence-corrected chi connectivity index (χ1v) is 10.0. The van der Waals surface area contributed by atoms with Crippen molar-refractivity contribution in [3.8, 4) is 0 Å². The van der Waals surface area contributed by atoms with Gasteiger partial charge in [0.15, 0.2) is 12.4 Å². The van der Waals surface area contributed by atoms with Crippen LogP contribution in [0.5, 0.6) is 0 Å². The number of carbonyl (C=O) groups excluding carboxylic acids is 4. The van der Waals surface area contributed by atoms with Gasteiger partial charge in [0.2, 0.25) is 0 Å². The van der Waals surface area contributed by atoms with E-state index in [1.54, 1.807) is 6.08 Å². The summed E-state index contributed by atoms with van der Waals surface area (Å²) >= 11 is 1.44. The lowest BCUT2D eigenvalue weighted by atomic mass is 9.92. The Bertz CT molecular complexity index is 987. The topological polar surface area (TPSA) is 96.0 Å². The molecule has 30 heavy (non-hydrogen) atoms. The van der Waals surface area contributed by atoms with E-state index >= 15 is 0 Å². The number of hydrogen-bond donors (Lipinski definition) is 0. The summed E-state index contributed by atoms with van der Waals surface area (Å²) in [6, 6.07) is 7.81. The number of ether oxygens (including phenoxy) is 3. The van der Waals surface area contributed by atoms with Gasteiger partial charge in [-0.15, -0.1) is 0 Å². The Labute approximate surface area is 177 Å². The van der Waals surface area contributed by atoms with Crippen LogP contribution in [0, 0.1) is 0 Å². The average molecular weight is 428 g/mol. The van der Waals surface area contributed by atoms with E-state index in [2.05, 4.69) is 6.58 Å². The summed E-state index contributed by atoms with van der Waals surface area (Å²) in [4.78, 5) is 49.5. The Morgan fingerprint density at radius 2 is 1.80 bits per heavy atom. The van der Waals surface area contributed by atoms with Gasteiger partial charge in [-0.25, -0.2) is 14.4 Å². The van der Waals surface area contributed by atoms with Crippen molar-refractivity contribution in [3.05, 3.63) is 64.1 Å². The first-order valence-electron chi connectivity index (χ1n) is 9.23. The molecular weight excluding hydrogens is 408 g/mol. The van der Waals surface area contributed by atoms with Crippen molar-refractivity contribution in [2.75, 3.05) is 19.8 Å². The summed E-state index contributed by atoms with van der Waals surface area (Å²) in [7, 11) is 0. The van der Waals surface area contributed by atoms with Crippen LogP contribution in [0.1, 0.15) is 18.9 Å². The van der Waals surface area contributed by atoms with Crippen molar-refractivity contribution in [1.82, 2.24) is 0 Å². The van der Waals surface area contributed by atoms with Crippen molar-refractivity contribution in [3.63, 3.8) is 0 Å². The fraction of sp³-hybridized carbons (Fsp3) is 0.273. The molecule has 1 aliphatic carbocycles. The van der Waals surface area contributed by atoms with E-state index in [0.29, 0.717) is 12.0 Å². The number of fused-ring (bicyclic) bond motifs is 1. The van der Waals surface area contributed by atoms with Gasteiger partial charge in [0, 0.05) is 39.4 Å². The lowest BCUT2D eigenvalue weighted by Gasteiger charge is -2.24. The van der Waals surface area contributed by atoms with Gasteiger partial charge in [-0.3, -0.25) is 4.79 Å². The van der Waals surface area contributed by atoms with Crippen LogP contribution < -0.4 is 0 Å². The SMILES string of the molecule is C=C(C)C(=O)OCCOC(=O)COC(=O)C1=CC2=C(Cc3ccccc3S2)C(=O)C1. The van der Waals surface area contributed by atoms with Crippen LogP contribution in [-0.2, 0) is 39.8 Å². The highest BCUT2D eigenvalue weighted by molar-refractivity contribution is 8.03. The zero-order chi connectivity index (χ0) is 21.7.